The van der Waals surface area contributed by atoms with Gasteiger partial charge in [-0.2, -0.15) is 0 Å². The van der Waals surface area contributed by atoms with Crippen molar-refractivity contribution in [2.45, 2.75) is 6.42 Å². The van der Waals surface area contributed by atoms with Crippen molar-refractivity contribution < 1.29 is 19.4 Å². The second-order valence-electron chi connectivity index (χ2n) is 3.57. The van der Waals surface area contributed by atoms with Crippen molar-refractivity contribution in [3.05, 3.63) is 16.7 Å². The molecule has 0 unspecified atom stereocenters. The van der Waals surface area contributed by atoms with Crippen LogP contribution in [0.3, 0.4) is 0 Å². The molecule has 1 aromatic carbocycles. The third kappa shape index (κ3) is 2.16. The van der Waals surface area contributed by atoms with Crippen molar-refractivity contribution in [1.82, 2.24) is 0 Å². The lowest BCUT2D eigenvalue weighted by molar-refractivity contribution is 0.0981. The van der Waals surface area contributed by atoms with Gasteiger partial charge in [-0.3, -0.25) is 4.79 Å². The molecule has 1 heterocycles. The first-order chi connectivity index (χ1) is 8.15. The summed E-state index contributed by atoms with van der Waals surface area (Å²) in [6.45, 7) is 0.964. The van der Waals surface area contributed by atoms with Crippen LogP contribution in [-0.2, 0) is 0 Å². The van der Waals surface area contributed by atoms with Crippen LogP contribution < -0.4 is 15.2 Å². The fourth-order valence-corrected chi connectivity index (χ4v) is 1.86. The first-order valence-electron chi connectivity index (χ1n) is 5.19. The molecule has 0 spiro atoms. The van der Waals surface area contributed by atoms with Gasteiger partial charge in [0.15, 0.2) is 17.3 Å². The van der Waals surface area contributed by atoms with E-state index in [1.807, 2.05) is 0 Å². The number of phenols is 1. The van der Waals surface area contributed by atoms with E-state index in [-0.39, 0.29) is 40.8 Å². The van der Waals surface area contributed by atoms with Crippen molar-refractivity contribution in [1.29, 1.82) is 0 Å². The van der Waals surface area contributed by atoms with Gasteiger partial charge in [0.25, 0.3) is 0 Å². The molecule has 2 rings (SSSR count). The highest BCUT2D eigenvalue weighted by molar-refractivity contribution is 6.34. The van der Waals surface area contributed by atoms with Gasteiger partial charge in [0.05, 0.1) is 5.56 Å². The molecule has 1 aliphatic rings. The summed E-state index contributed by atoms with van der Waals surface area (Å²) in [5.74, 6) is 0.0948. The molecular formula is C11H12ClNO4. The van der Waals surface area contributed by atoms with Gasteiger partial charge in [-0.15, -0.1) is 0 Å². The molecule has 6 heteroatoms. The number of hydrogen-bond acceptors (Lipinski definition) is 5. The lowest BCUT2D eigenvalue weighted by Gasteiger charge is -2.21. The summed E-state index contributed by atoms with van der Waals surface area (Å²) in [5.41, 5.74) is 5.42. The standard InChI is InChI=1S/C11H12ClNO4/c12-9-10(15)6(7(14)1-2-13)5-8-11(9)17-4-3-16-8/h5,15H,1-4,13H2. The van der Waals surface area contributed by atoms with Crippen LogP contribution in [0.25, 0.3) is 0 Å². The highest BCUT2D eigenvalue weighted by atomic mass is 35.5. The fraction of sp³-hybridized carbons (Fsp3) is 0.364. The van der Waals surface area contributed by atoms with E-state index in [0.717, 1.165) is 0 Å². The molecule has 1 aromatic rings. The minimum Gasteiger partial charge on any atom is -0.505 e. The van der Waals surface area contributed by atoms with E-state index < -0.39 is 0 Å². The zero-order valence-corrected chi connectivity index (χ0v) is 9.79. The van der Waals surface area contributed by atoms with E-state index >= 15 is 0 Å². The van der Waals surface area contributed by atoms with Gasteiger partial charge in [-0.05, 0) is 12.6 Å². The number of halogens is 1. The summed E-state index contributed by atoms with van der Waals surface area (Å²) in [7, 11) is 0. The van der Waals surface area contributed by atoms with Gasteiger partial charge in [0, 0.05) is 6.42 Å². The van der Waals surface area contributed by atoms with Gasteiger partial charge >= 0.3 is 0 Å². The summed E-state index contributed by atoms with van der Waals surface area (Å²) in [6.07, 6.45) is 0.142. The summed E-state index contributed by atoms with van der Waals surface area (Å²) < 4.78 is 10.6. The molecule has 0 saturated carbocycles. The van der Waals surface area contributed by atoms with Crippen LogP contribution in [0.1, 0.15) is 16.8 Å². The Morgan fingerprint density at radius 2 is 2.18 bits per heavy atom. The number of nitrogens with two attached hydrogens (primary N) is 1. The first kappa shape index (κ1) is 12.0. The highest BCUT2D eigenvalue weighted by Crippen LogP contribution is 2.45. The second kappa shape index (κ2) is 4.81. The van der Waals surface area contributed by atoms with E-state index in [4.69, 9.17) is 26.8 Å². The molecule has 0 saturated heterocycles. The lowest BCUT2D eigenvalue weighted by Crippen LogP contribution is -2.17. The lowest BCUT2D eigenvalue weighted by atomic mass is 10.1. The number of ketones is 1. The number of ether oxygens (including phenoxy) is 2. The van der Waals surface area contributed by atoms with Crippen molar-refractivity contribution in [2.75, 3.05) is 19.8 Å². The topological polar surface area (TPSA) is 81.8 Å². The third-order valence-corrected chi connectivity index (χ3v) is 2.77. The quantitative estimate of drug-likeness (QED) is 0.799. The van der Waals surface area contributed by atoms with E-state index in [2.05, 4.69) is 0 Å². The Bertz CT molecular complexity index is 461. The van der Waals surface area contributed by atoms with Crippen LogP contribution in [0.5, 0.6) is 17.2 Å². The zero-order chi connectivity index (χ0) is 12.4. The van der Waals surface area contributed by atoms with Gasteiger partial charge in [0.1, 0.15) is 24.0 Å². The maximum Gasteiger partial charge on any atom is 0.183 e. The van der Waals surface area contributed by atoms with Crippen LogP contribution >= 0.6 is 11.6 Å². The number of Topliss-reactive ketones (excluding diaryl/α,β-unsaturated/α-hetero) is 1. The largest absolute Gasteiger partial charge is 0.505 e. The van der Waals surface area contributed by atoms with Crippen LogP contribution in [0.4, 0.5) is 0 Å². The number of benzene rings is 1. The van der Waals surface area contributed by atoms with Crippen molar-refractivity contribution >= 4 is 17.4 Å². The minimum absolute atomic E-state index is 0.00238. The molecule has 17 heavy (non-hydrogen) atoms. The summed E-state index contributed by atoms with van der Waals surface area (Å²) in [4.78, 5) is 11.7. The van der Waals surface area contributed by atoms with Crippen molar-refractivity contribution in [3.63, 3.8) is 0 Å². The summed E-state index contributed by atoms with van der Waals surface area (Å²) in [6, 6.07) is 1.44. The molecule has 0 aliphatic carbocycles. The molecule has 0 amide bonds. The normalized spacial score (nSPS) is 13.5. The monoisotopic (exact) mass is 257 g/mol. The molecule has 92 valence electrons. The maximum atomic E-state index is 11.7. The number of carbonyl (C=O) groups excluding carboxylic acids is 1. The highest BCUT2D eigenvalue weighted by Gasteiger charge is 2.24. The minimum atomic E-state index is -0.283. The first-order valence-corrected chi connectivity index (χ1v) is 5.57. The molecule has 0 atom stereocenters. The number of aromatic hydroxyl groups is 1. The zero-order valence-electron chi connectivity index (χ0n) is 9.03. The molecule has 0 bridgehead atoms. The average molecular weight is 258 g/mol. The van der Waals surface area contributed by atoms with Crippen molar-refractivity contribution in [3.8, 4) is 17.2 Å². The summed E-state index contributed by atoms with van der Waals surface area (Å²) >= 11 is 5.92. The maximum absolute atomic E-state index is 11.7. The molecule has 0 fully saturated rings. The number of carbonyl (C=O) groups is 1. The van der Waals surface area contributed by atoms with Gasteiger partial charge in [0.2, 0.25) is 0 Å². The Hall–Kier alpha value is -1.46. The molecule has 3 N–H and O–H groups in total. The average Bonchev–Trinajstić information content (AvgIpc) is 2.34. The smallest absolute Gasteiger partial charge is 0.183 e. The number of fused-ring (bicyclic) bond motifs is 1. The second-order valence-corrected chi connectivity index (χ2v) is 3.95. The Labute approximate surface area is 103 Å². The van der Waals surface area contributed by atoms with E-state index in [1.165, 1.54) is 6.07 Å². The fourth-order valence-electron chi connectivity index (χ4n) is 1.61. The van der Waals surface area contributed by atoms with E-state index in [0.29, 0.717) is 19.0 Å². The van der Waals surface area contributed by atoms with Crippen LogP contribution in [0, 0.1) is 0 Å². The molecular weight excluding hydrogens is 246 g/mol. The number of phenolic OH excluding ortho intramolecular Hbond substituents is 1. The van der Waals surface area contributed by atoms with E-state index in [1.54, 1.807) is 0 Å². The number of hydrogen-bond donors (Lipinski definition) is 2. The third-order valence-electron chi connectivity index (χ3n) is 2.42. The predicted molar refractivity (Wildman–Crippen MR) is 62.1 cm³/mol. The van der Waals surface area contributed by atoms with Gasteiger partial charge in [-0.25, -0.2) is 0 Å². The Kier molecular flexibility index (Phi) is 3.40. The molecule has 0 radical (unpaired) electrons. The SMILES string of the molecule is NCCC(=O)c1cc2c(c(Cl)c1O)OCCO2. The van der Waals surface area contributed by atoms with Crippen molar-refractivity contribution in [2.24, 2.45) is 5.73 Å². The van der Waals surface area contributed by atoms with Gasteiger partial charge in [-0.1, -0.05) is 11.6 Å². The Morgan fingerprint density at radius 1 is 1.47 bits per heavy atom. The molecule has 1 aliphatic heterocycles. The van der Waals surface area contributed by atoms with Crippen LogP contribution in [-0.4, -0.2) is 30.6 Å². The van der Waals surface area contributed by atoms with Crippen LogP contribution in [0.15, 0.2) is 6.07 Å². The molecule has 0 aromatic heterocycles. The van der Waals surface area contributed by atoms with E-state index in [9.17, 15) is 9.90 Å². The number of rotatable bonds is 3. The van der Waals surface area contributed by atoms with Gasteiger partial charge < -0.3 is 20.3 Å². The predicted octanol–water partition coefficient (Wildman–Crippen LogP) is 1.35. The summed E-state index contributed by atoms with van der Waals surface area (Å²) in [5, 5.41) is 9.82. The Morgan fingerprint density at radius 3 is 2.88 bits per heavy atom. The molecule has 5 nitrogen and oxygen atoms in total. The Balaban J connectivity index is 2.47. The van der Waals surface area contributed by atoms with Crippen LogP contribution in [0.2, 0.25) is 5.02 Å².